The maximum atomic E-state index is 12.2. The van der Waals surface area contributed by atoms with Crippen molar-refractivity contribution in [1.29, 1.82) is 0 Å². The third-order valence-electron chi connectivity index (χ3n) is 3.19. The van der Waals surface area contributed by atoms with Gasteiger partial charge in [0.2, 0.25) is 0 Å². The number of thiol groups is 1. The highest BCUT2D eigenvalue weighted by molar-refractivity contribution is 7.81. The minimum absolute atomic E-state index is 0.0487. The first-order valence-corrected chi connectivity index (χ1v) is 7.62. The Labute approximate surface area is 133 Å². The molecule has 0 aromatic carbocycles. The van der Waals surface area contributed by atoms with Gasteiger partial charge in [-0.15, -0.1) is 0 Å². The van der Waals surface area contributed by atoms with Gasteiger partial charge in [0.25, 0.3) is 0 Å². The molecule has 21 heavy (non-hydrogen) atoms. The van der Waals surface area contributed by atoms with Gasteiger partial charge in [0.05, 0.1) is 5.54 Å². The molecule has 1 saturated heterocycles. The van der Waals surface area contributed by atoms with Gasteiger partial charge in [-0.25, -0.2) is 4.79 Å². The Morgan fingerprint density at radius 2 is 2.19 bits per heavy atom. The zero-order valence-electron chi connectivity index (χ0n) is 13.3. The highest BCUT2D eigenvalue weighted by Crippen LogP contribution is 2.30. The Hall–Kier alpha value is -1.20. The lowest BCUT2D eigenvalue weighted by atomic mass is 9.87. The zero-order valence-corrected chi connectivity index (χ0v) is 14.2. The molecule has 1 fully saturated rings. The molecule has 0 radical (unpaired) electrons. The summed E-state index contributed by atoms with van der Waals surface area (Å²) in [5.74, 6) is 0. The van der Waals surface area contributed by atoms with E-state index in [1.165, 1.54) is 0 Å². The molecule has 1 rings (SSSR count). The van der Waals surface area contributed by atoms with Crippen LogP contribution >= 0.6 is 12.6 Å². The van der Waals surface area contributed by atoms with Gasteiger partial charge in [-0.1, -0.05) is 30.9 Å². The van der Waals surface area contributed by atoms with Crippen LogP contribution in [0.5, 0.6) is 0 Å². The van der Waals surface area contributed by atoms with E-state index in [0.29, 0.717) is 13.1 Å². The fourth-order valence-corrected chi connectivity index (χ4v) is 2.77. The summed E-state index contributed by atoms with van der Waals surface area (Å²) in [6, 6.07) is 0. The van der Waals surface area contributed by atoms with Gasteiger partial charge >= 0.3 is 6.09 Å². The highest BCUT2D eigenvalue weighted by atomic mass is 32.1. The van der Waals surface area contributed by atoms with Crippen LogP contribution in [0.3, 0.4) is 0 Å². The van der Waals surface area contributed by atoms with E-state index < -0.39 is 17.2 Å². The standard InChI is InChI=1S/C16H26N2O2S/c1-6-8-12(9-7-2)16(11-17-10-13(16)21)18-14(19)20-15(3,4)5/h6-9,13,17,21H,1,10-11H2,2-5H3,(H,18,19)/b9-7-,12-8+. The molecule has 5 heteroatoms. The number of amides is 1. The number of nitrogens with one attached hydrogen (secondary N) is 2. The topological polar surface area (TPSA) is 50.4 Å². The molecule has 2 unspecified atom stereocenters. The third kappa shape index (κ3) is 4.64. The maximum absolute atomic E-state index is 12.2. The van der Waals surface area contributed by atoms with Crippen LogP contribution in [0.4, 0.5) is 4.79 Å². The zero-order chi connectivity index (χ0) is 16.1. The molecule has 4 nitrogen and oxygen atoms in total. The molecule has 1 aliphatic heterocycles. The summed E-state index contributed by atoms with van der Waals surface area (Å²) in [4.78, 5) is 12.2. The van der Waals surface area contributed by atoms with Gasteiger partial charge in [0.15, 0.2) is 0 Å². The summed E-state index contributed by atoms with van der Waals surface area (Å²) in [7, 11) is 0. The van der Waals surface area contributed by atoms with Gasteiger partial charge in [-0.05, 0) is 33.3 Å². The molecule has 2 N–H and O–H groups in total. The summed E-state index contributed by atoms with van der Waals surface area (Å²) in [6.45, 7) is 12.5. The minimum Gasteiger partial charge on any atom is -0.444 e. The van der Waals surface area contributed by atoms with Crippen molar-refractivity contribution in [2.75, 3.05) is 13.1 Å². The average Bonchev–Trinajstić information content (AvgIpc) is 2.69. The minimum atomic E-state index is -0.605. The normalized spacial score (nSPS) is 26.9. The van der Waals surface area contributed by atoms with E-state index in [9.17, 15) is 4.79 Å². The van der Waals surface area contributed by atoms with Crippen LogP contribution in [0.1, 0.15) is 27.7 Å². The molecule has 2 atom stereocenters. The first-order chi connectivity index (χ1) is 9.75. The Morgan fingerprint density at radius 1 is 1.52 bits per heavy atom. The second kappa shape index (κ2) is 7.18. The summed E-state index contributed by atoms with van der Waals surface area (Å²) in [5.41, 5.74) is -0.186. The van der Waals surface area contributed by atoms with Crippen molar-refractivity contribution in [2.45, 2.75) is 44.1 Å². The van der Waals surface area contributed by atoms with Gasteiger partial charge in [0.1, 0.15) is 5.60 Å². The Balaban J connectivity index is 3.08. The molecule has 0 aromatic rings. The van der Waals surface area contributed by atoms with Crippen molar-refractivity contribution in [3.8, 4) is 0 Å². The number of alkyl carbamates (subject to hydrolysis) is 1. The molecule has 0 aromatic heterocycles. The summed E-state index contributed by atoms with van der Waals surface area (Å²) >= 11 is 4.64. The van der Waals surface area contributed by atoms with Gasteiger partial charge in [-0.3, -0.25) is 0 Å². The number of rotatable bonds is 4. The van der Waals surface area contributed by atoms with E-state index in [0.717, 1.165) is 5.57 Å². The van der Waals surface area contributed by atoms with Crippen LogP contribution in [0.25, 0.3) is 0 Å². The number of ether oxygens (including phenoxy) is 1. The van der Waals surface area contributed by atoms with Crippen molar-refractivity contribution in [3.63, 3.8) is 0 Å². The van der Waals surface area contributed by atoms with Crippen molar-refractivity contribution >= 4 is 18.7 Å². The van der Waals surface area contributed by atoms with Crippen LogP contribution in [-0.2, 0) is 4.74 Å². The van der Waals surface area contributed by atoms with E-state index >= 15 is 0 Å². The number of hydrogen-bond acceptors (Lipinski definition) is 4. The molecule has 1 amide bonds. The molecule has 1 aliphatic rings. The van der Waals surface area contributed by atoms with Crippen molar-refractivity contribution < 1.29 is 9.53 Å². The molecular weight excluding hydrogens is 284 g/mol. The Morgan fingerprint density at radius 3 is 2.62 bits per heavy atom. The van der Waals surface area contributed by atoms with E-state index in [-0.39, 0.29) is 5.25 Å². The average molecular weight is 310 g/mol. The van der Waals surface area contributed by atoms with Gasteiger partial charge < -0.3 is 15.4 Å². The predicted molar refractivity (Wildman–Crippen MR) is 90.8 cm³/mol. The lowest BCUT2D eigenvalue weighted by Gasteiger charge is -2.35. The van der Waals surface area contributed by atoms with E-state index in [1.54, 1.807) is 6.08 Å². The first kappa shape index (κ1) is 17.9. The maximum Gasteiger partial charge on any atom is 0.408 e. The molecule has 0 aliphatic carbocycles. The number of hydrogen-bond donors (Lipinski definition) is 3. The Kier molecular flexibility index (Phi) is 6.10. The molecule has 0 bridgehead atoms. The first-order valence-electron chi connectivity index (χ1n) is 7.11. The van der Waals surface area contributed by atoms with Crippen LogP contribution in [-0.4, -0.2) is 35.6 Å². The van der Waals surface area contributed by atoms with E-state index in [2.05, 4.69) is 29.8 Å². The smallest absolute Gasteiger partial charge is 0.408 e. The van der Waals surface area contributed by atoms with Gasteiger partial charge in [0, 0.05) is 18.3 Å². The summed E-state index contributed by atoms with van der Waals surface area (Å²) < 4.78 is 5.39. The summed E-state index contributed by atoms with van der Waals surface area (Å²) in [6.07, 6.45) is 7.08. The predicted octanol–water partition coefficient (Wildman–Crippen LogP) is 2.84. The molecule has 118 valence electrons. The second-order valence-corrected chi connectivity index (χ2v) is 6.73. The third-order valence-corrected chi connectivity index (χ3v) is 3.82. The molecule has 0 saturated carbocycles. The van der Waals surface area contributed by atoms with Crippen molar-refractivity contribution in [2.24, 2.45) is 0 Å². The van der Waals surface area contributed by atoms with Gasteiger partial charge in [-0.2, -0.15) is 12.6 Å². The largest absolute Gasteiger partial charge is 0.444 e. The monoisotopic (exact) mass is 310 g/mol. The lowest BCUT2D eigenvalue weighted by molar-refractivity contribution is 0.0483. The fraction of sp³-hybridized carbons (Fsp3) is 0.562. The number of carbonyl (C=O) groups excluding carboxylic acids is 1. The SMILES string of the molecule is C=C/C=C(\C=C/C)C1(NC(=O)OC(C)(C)C)CNCC1S. The van der Waals surface area contributed by atoms with Crippen LogP contribution < -0.4 is 10.6 Å². The molecule has 1 heterocycles. The number of allylic oxidation sites excluding steroid dienone is 3. The van der Waals surface area contributed by atoms with Crippen LogP contribution in [0, 0.1) is 0 Å². The lowest BCUT2D eigenvalue weighted by Crippen LogP contribution is -2.57. The fourth-order valence-electron chi connectivity index (χ4n) is 2.34. The quantitative estimate of drug-likeness (QED) is 0.553. The molecule has 0 spiro atoms. The number of carbonyl (C=O) groups is 1. The highest BCUT2D eigenvalue weighted by Gasteiger charge is 2.45. The van der Waals surface area contributed by atoms with E-state index in [4.69, 9.17) is 4.74 Å². The van der Waals surface area contributed by atoms with Crippen molar-refractivity contribution in [3.05, 3.63) is 36.5 Å². The van der Waals surface area contributed by atoms with Crippen LogP contribution in [0.15, 0.2) is 36.5 Å². The van der Waals surface area contributed by atoms with Crippen molar-refractivity contribution in [1.82, 2.24) is 10.6 Å². The summed E-state index contributed by atoms with van der Waals surface area (Å²) in [5, 5.41) is 6.23. The van der Waals surface area contributed by atoms with E-state index in [1.807, 2.05) is 45.9 Å². The van der Waals surface area contributed by atoms with Crippen LogP contribution in [0.2, 0.25) is 0 Å². The second-order valence-electron chi connectivity index (χ2n) is 6.10. The Bertz CT molecular complexity index is 452. The molecular formula is C16H26N2O2S.